The second kappa shape index (κ2) is 8.83. The number of rotatable bonds is 13. The van der Waals surface area contributed by atoms with Crippen LogP contribution in [0.15, 0.2) is 0 Å². The Labute approximate surface area is 156 Å². The molecule has 0 unspecified atom stereocenters. The fourth-order valence-corrected chi connectivity index (χ4v) is 2.94. The van der Waals surface area contributed by atoms with Crippen LogP contribution in [0.4, 0.5) is 0 Å². The molecular weight excluding hydrogens is 408 g/mol. The summed E-state index contributed by atoms with van der Waals surface area (Å²) in [4.78, 5) is 57.3. The van der Waals surface area contributed by atoms with Gasteiger partial charge in [0.05, 0.1) is 6.61 Å². The Hall–Kier alpha value is -1.37. The highest BCUT2D eigenvalue weighted by molar-refractivity contribution is 9.18. The molecule has 0 saturated carbocycles. The average Bonchev–Trinajstić information content (AvgIpc) is 2.51. The Balaban J connectivity index is 7.29. The van der Waals surface area contributed by atoms with Crippen LogP contribution in [0.5, 0.6) is 0 Å². The largest absolute Gasteiger partial charge is 0.393 e. The summed E-state index contributed by atoms with van der Waals surface area (Å²) in [7, 11) is 0. The number of aliphatic hydroxyl groups excluding tert-OH is 1. The van der Waals surface area contributed by atoms with Crippen LogP contribution in [0.1, 0.15) is 31.2 Å². The van der Waals surface area contributed by atoms with Gasteiger partial charge in [-0.3, -0.25) is 4.79 Å². The summed E-state index contributed by atoms with van der Waals surface area (Å²) in [6, 6.07) is 0. The van der Waals surface area contributed by atoms with Crippen molar-refractivity contribution in [3.05, 3.63) is 0 Å². The van der Waals surface area contributed by atoms with E-state index in [1.807, 2.05) is 0 Å². The van der Waals surface area contributed by atoms with E-state index in [0.29, 0.717) is 0 Å². The Morgan fingerprint density at radius 3 is 1.56 bits per heavy atom. The van der Waals surface area contributed by atoms with Crippen molar-refractivity contribution < 1.29 is 55.0 Å². The number of aldehydes is 4. The van der Waals surface area contributed by atoms with Crippen molar-refractivity contribution in [1.29, 1.82) is 0 Å². The molecule has 0 spiro atoms. The van der Waals surface area contributed by atoms with E-state index < -0.39 is 84.4 Å². The maximum atomic E-state index is 12.0. The zero-order chi connectivity index (χ0) is 23.4. The maximum absolute atomic E-state index is 12.0. The van der Waals surface area contributed by atoms with Crippen molar-refractivity contribution in [1.82, 2.24) is 0 Å². The molecule has 10 nitrogen and oxygen atoms in total. The van der Waals surface area contributed by atoms with E-state index >= 15 is 0 Å². The summed E-state index contributed by atoms with van der Waals surface area (Å²) < 4.78 is 26.2. The third kappa shape index (κ3) is 3.76. The summed E-state index contributed by atoms with van der Waals surface area (Å²) in [5.41, 5.74) is -14.7. The second-order valence-electron chi connectivity index (χ2n) is 5.33. The van der Waals surface area contributed by atoms with Crippen molar-refractivity contribution in [3.63, 3.8) is 0 Å². The van der Waals surface area contributed by atoms with Crippen molar-refractivity contribution in [2.24, 2.45) is 0 Å². The molecule has 0 heterocycles. The molecule has 0 aliphatic heterocycles. The molecule has 0 radical (unpaired) electrons. The van der Waals surface area contributed by atoms with Gasteiger partial charge in [-0.25, -0.2) is 0 Å². The standard InChI is InChI=1S/C14H19BrO10/c15-10(21)12(23,2-6-17)14(25,4-8-19)13(24,3-7-18)11(22,9-20)1-5-16/h5-8,20,22-25H,1-4,9H2/t11-,12+,13-,14-/m1/s1/i5D,6D,7D,8D. The molecule has 0 aliphatic carbocycles. The lowest BCUT2D eigenvalue weighted by Gasteiger charge is -2.55. The maximum Gasteiger partial charge on any atom is 0.232 e. The number of carbonyl (C=O) groups is 5. The number of halogens is 1. The molecule has 25 heavy (non-hydrogen) atoms. The van der Waals surface area contributed by atoms with Gasteiger partial charge in [-0.2, -0.15) is 0 Å². The van der Waals surface area contributed by atoms with Gasteiger partial charge >= 0.3 is 0 Å². The third-order valence-electron chi connectivity index (χ3n) is 4.07. The number of hydrogen-bond acceptors (Lipinski definition) is 10. The molecular formula is C14H19BrO10. The molecule has 0 aromatic carbocycles. The first-order chi connectivity index (χ1) is 12.9. The molecule has 0 aromatic rings. The third-order valence-corrected chi connectivity index (χ3v) is 4.73. The van der Waals surface area contributed by atoms with E-state index in [2.05, 4.69) is 15.9 Å². The van der Waals surface area contributed by atoms with Crippen LogP contribution in [0, 0.1) is 0 Å². The van der Waals surface area contributed by atoms with Crippen molar-refractivity contribution in [2.45, 2.75) is 48.1 Å². The van der Waals surface area contributed by atoms with E-state index in [0.717, 1.165) is 0 Å². The van der Waals surface area contributed by atoms with Gasteiger partial charge in [0.15, 0.2) is 5.60 Å². The zero-order valence-electron chi connectivity index (χ0n) is 16.7. The van der Waals surface area contributed by atoms with Gasteiger partial charge in [-0.1, -0.05) is 0 Å². The molecule has 11 heteroatoms. The zero-order valence-corrected chi connectivity index (χ0v) is 14.3. The van der Waals surface area contributed by atoms with E-state index in [1.54, 1.807) is 0 Å². The minimum Gasteiger partial charge on any atom is -0.393 e. The van der Waals surface area contributed by atoms with Crippen LogP contribution in [0.25, 0.3) is 0 Å². The molecule has 142 valence electrons. The summed E-state index contributed by atoms with van der Waals surface area (Å²) in [5, 5.41) is 52.9. The first-order valence-electron chi connectivity index (χ1n) is 8.60. The minimum absolute atomic E-state index is 1.52. The van der Waals surface area contributed by atoms with Gasteiger partial charge in [-0.15, -0.1) is 0 Å². The van der Waals surface area contributed by atoms with Gasteiger partial charge in [0.2, 0.25) is 4.69 Å². The molecule has 0 aromatic heterocycles. The lowest BCUT2D eigenvalue weighted by Crippen LogP contribution is -2.78. The smallest absolute Gasteiger partial charge is 0.232 e. The van der Waals surface area contributed by atoms with Crippen molar-refractivity contribution in [2.75, 3.05) is 6.61 Å². The Morgan fingerprint density at radius 2 is 1.24 bits per heavy atom. The number of aliphatic hydroxyl groups is 5. The predicted octanol–water partition coefficient (Wildman–Crippen LogP) is -2.82. The first kappa shape index (κ1) is 17.1. The van der Waals surface area contributed by atoms with Crippen molar-refractivity contribution in [3.8, 4) is 0 Å². The van der Waals surface area contributed by atoms with Crippen LogP contribution < -0.4 is 0 Å². The monoisotopic (exact) mass is 430 g/mol. The van der Waals surface area contributed by atoms with Gasteiger partial charge in [0.25, 0.3) is 0 Å². The van der Waals surface area contributed by atoms with Gasteiger partial charge in [-0.05, 0) is 15.9 Å². The summed E-state index contributed by atoms with van der Waals surface area (Å²) in [6.45, 7) is -1.70. The summed E-state index contributed by atoms with van der Waals surface area (Å²) in [5.74, 6) is 0. The highest BCUT2D eigenvalue weighted by Crippen LogP contribution is 2.47. The molecule has 0 fully saturated rings. The SMILES string of the molecule is [2H]C(=O)C[C@@](O)(CO)[C@](O)(CC([2H])=O)[C@@](O)(CC([2H])=O)[C@](O)(CC([2H])=O)C(=O)Br. The topological polar surface area (TPSA) is 186 Å². The molecule has 4 atom stereocenters. The molecule has 0 bridgehead atoms. The Morgan fingerprint density at radius 1 is 0.840 bits per heavy atom. The fraction of sp³-hybridized carbons (Fsp3) is 0.643. The van der Waals surface area contributed by atoms with Crippen LogP contribution in [-0.2, 0) is 24.0 Å². The Kier molecular flexibility index (Phi) is 6.03. The molecule has 0 amide bonds. The first-order valence-corrected chi connectivity index (χ1v) is 7.40. The highest BCUT2D eigenvalue weighted by atomic mass is 79.9. The number of carbonyl (C=O) groups excluding carboxylic acids is 5. The van der Waals surface area contributed by atoms with Crippen LogP contribution in [0.2, 0.25) is 0 Å². The lowest BCUT2D eigenvalue weighted by molar-refractivity contribution is -0.295. The van der Waals surface area contributed by atoms with Crippen LogP contribution in [0.3, 0.4) is 0 Å². The average molecular weight is 431 g/mol. The van der Waals surface area contributed by atoms with E-state index in [9.17, 15) is 49.5 Å². The van der Waals surface area contributed by atoms with Gasteiger partial charge in [0.1, 0.15) is 47.3 Å². The minimum atomic E-state index is -3.86. The Bertz CT molecular complexity index is 721. The summed E-state index contributed by atoms with van der Waals surface area (Å²) >= 11 is 2.20. The van der Waals surface area contributed by atoms with Crippen LogP contribution in [-0.4, -0.2) is 84.3 Å². The molecule has 5 N–H and O–H groups in total. The van der Waals surface area contributed by atoms with E-state index in [-0.39, 0.29) is 0 Å². The lowest BCUT2D eigenvalue weighted by atomic mass is 9.60. The normalized spacial score (nSPS) is 23.1. The fourth-order valence-electron chi connectivity index (χ4n) is 2.47. The van der Waals surface area contributed by atoms with Gasteiger partial charge in [0, 0.05) is 25.7 Å². The predicted molar refractivity (Wildman–Crippen MR) is 83.5 cm³/mol. The molecule has 0 saturated heterocycles. The van der Waals surface area contributed by atoms with Gasteiger partial charge < -0.3 is 44.7 Å². The number of hydrogen-bond donors (Lipinski definition) is 5. The summed E-state index contributed by atoms with van der Waals surface area (Å²) in [6.07, 6.45) is -13.7. The van der Waals surface area contributed by atoms with Crippen molar-refractivity contribution >= 4 is 45.7 Å². The van der Waals surface area contributed by atoms with E-state index in [1.165, 1.54) is 0 Å². The second-order valence-corrected chi connectivity index (χ2v) is 6.05. The molecule has 0 aliphatic rings. The quantitative estimate of drug-likeness (QED) is 0.150. The van der Waals surface area contributed by atoms with E-state index in [4.69, 9.17) is 5.48 Å². The molecule has 0 rings (SSSR count). The highest BCUT2D eigenvalue weighted by Gasteiger charge is 2.70. The van der Waals surface area contributed by atoms with Crippen LogP contribution >= 0.6 is 15.9 Å².